The highest BCUT2D eigenvalue weighted by Gasteiger charge is 2.11. The maximum absolute atomic E-state index is 4.49. The van der Waals surface area contributed by atoms with Crippen LogP contribution in [0.2, 0.25) is 0 Å². The summed E-state index contributed by atoms with van der Waals surface area (Å²) in [5.74, 6) is 1.05. The molecule has 0 radical (unpaired) electrons. The molecule has 2 rings (SSSR count). The Hall–Kier alpha value is -0.780. The van der Waals surface area contributed by atoms with Crippen molar-refractivity contribution in [2.45, 2.75) is 30.7 Å². The van der Waals surface area contributed by atoms with Gasteiger partial charge in [0.1, 0.15) is 0 Å². The van der Waals surface area contributed by atoms with Crippen LogP contribution in [0.1, 0.15) is 19.0 Å². The summed E-state index contributed by atoms with van der Waals surface area (Å²) in [4.78, 5) is 1.31. The molecule has 5 heteroatoms. The largest absolute Gasteiger partial charge is 0.313 e. The van der Waals surface area contributed by atoms with Crippen molar-refractivity contribution in [2.24, 2.45) is 7.05 Å². The van der Waals surface area contributed by atoms with Gasteiger partial charge in [-0.2, -0.15) is 5.10 Å². The van der Waals surface area contributed by atoms with E-state index in [1.165, 1.54) is 4.90 Å². The van der Waals surface area contributed by atoms with Crippen molar-refractivity contribution in [2.75, 3.05) is 12.3 Å². The van der Waals surface area contributed by atoms with E-state index in [9.17, 15) is 0 Å². The van der Waals surface area contributed by atoms with Gasteiger partial charge in [0.05, 0.1) is 5.69 Å². The van der Waals surface area contributed by atoms with Crippen LogP contribution in [0, 0.1) is 0 Å². The SMILES string of the molecule is CCCNC(CSc1ccc(Br)cc1)Cc1ccn(C)n1. The normalized spacial score (nSPS) is 12.5. The van der Waals surface area contributed by atoms with Gasteiger partial charge < -0.3 is 5.32 Å². The molecular weight excluding hydrogens is 346 g/mol. The van der Waals surface area contributed by atoms with Crippen molar-refractivity contribution < 1.29 is 0 Å². The van der Waals surface area contributed by atoms with E-state index in [2.05, 4.69) is 63.6 Å². The third kappa shape index (κ3) is 5.85. The number of halogens is 1. The molecule has 0 aliphatic rings. The quantitative estimate of drug-likeness (QED) is 0.717. The van der Waals surface area contributed by atoms with E-state index in [-0.39, 0.29) is 0 Å². The van der Waals surface area contributed by atoms with Crippen LogP contribution < -0.4 is 5.32 Å². The lowest BCUT2D eigenvalue weighted by atomic mass is 10.2. The first-order chi connectivity index (χ1) is 10.2. The Bertz CT molecular complexity index is 539. The summed E-state index contributed by atoms with van der Waals surface area (Å²) in [6.07, 6.45) is 4.14. The van der Waals surface area contributed by atoms with Crippen LogP contribution in [0.25, 0.3) is 0 Å². The number of aryl methyl sites for hydroxylation is 1. The lowest BCUT2D eigenvalue weighted by Gasteiger charge is -2.17. The van der Waals surface area contributed by atoms with Crippen molar-refractivity contribution in [3.05, 3.63) is 46.7 Å². The van der Waals surface area contributed by atoms with Crippen molar-refractivity contribution >= 4 is 27.7 Å². The Morgan fingerprint density at radius 1 is 1.29 bits per heavy atom. The summed E-state index contributed by atoms with van der Waals surface area (Å²) in [6.45, 7) is 3.26. The third-order valence-corrected chi connectivity index (χ3v) is 4.88. The Morgan fingerprint density at radius 3 is 2.67 bits per heavy atom. The van der Waals surface area contributed by atoms with Gasteiger partial charge in [-0.3, -0.25) is 4.68 Å². The van der Waals surface area contributed by atoms with Gasteiger partial charge in [-0.25, -0.2) is 0 Å². The molecule has 0 aliphatic carbocycles. The predicted molar refractivity (Wildman–Crippen MR) is 93.9 cm³/mol. The fourth-order valence-corrected chi connectivity index (χ4v) is 3.31. The van der Waals surface area contributed by atoms with Gasteiger partial charge in [0.25, 0.3) is 0 Å². The highest BCUT2D eigenvalue weighted by atomic mass is 79.9. The summed E-state index contributed by atoms with van der Waals surface area (Å²) >= 11 is 5.37. The van der Waals surface area contributed by atoms with E-state index >= 15 is 0 Å². The van der Waals surface area contributed by atoms with Crippen LogP contribution in [-0.4, -0.2) is 28.1 Å². The molecule has 0 fully saturated rings. The van der Waals surface area contributed by atoms with Crippen molar-refractivity contribution in [3.8, 4) is 0 Å². The first-order valence-corrected chi connectivity index (χ1v) is 9.05. The molecule has 0 aliphatic heterocycles. The molecular formula is C16H22BrN3S. The number of hydrogen-bond donors (Lipinski definition) is 1. The monoisotopic (exact) mass is 367 g/mol. The van der Waals surface area contributed by atoms with E-state index in [1.807, 2.05) is 29.7 Å². The highest BCUT2D eigenvalue weighted by molar-refractivity contribution is 9.10. The Morgan fingerprint density at radius 2 is 2.05 bits per heavy atom. The number of benzene rings is 1. The van der Waals surface area contributed by atoms with Crippen molar-refractivity contribution in [1.82, 2.24) is 15.1 Å². The van der Waals surface area contributed by atoms with Crippen molar-refractivity contribution in [1.29, 1.82) is 0 Å². The molecule has 2 aromatic rings. The Balaban J connectivity index is 1.90. The van der Waals surface area contributed by atoms with Gasteiger partial charge in [0.15, 0.2) is 0 Å². The molecule has 1 N–H and O–H groups in total. The lowest BCUT2D eigenvalue weighted by Crippen LogP contribution is -2.34. The average molecular weight is 368 g/mol. The molecule has 1 aromatic carbocycles. The topological polar surface area (TPSA) is 29.9 Å². The number of hydrogen-bond acceptors (Lipinski definition) is 3. The lowest BCUT2D eigenvalue weighted by molar-refractivity contribution is 0.541. The molecule has 1 unspecified atom stereocenters. The predicted octanol–water partition coefficient (Wildman–Crippen LogP) is 3.89. The van der Waals surface area contributed by atoms with E-state index in [0.29, 0.717) is 6.04 Å². The van der Waals surface area contributed by atoms with Crippen LogP contribution in [-0.2, 0) is 13.5 Å². The standard InChI is InChI=1S/C16H22BrN3S/c1-3-9-18-15(11-14-8-10-20(2)19-14)12-21-16-6-4-13(17)5-7-16/h4-8,10,15,18H,3,9,11-12H2,1-2H3. The molecule has 1 atom stereocenters. The fourth-order valence-electron chi connectivity index (χ4n) is 2.09. The summed E-state index contributed by atoms with van der Waals surface area (Å²) in [5.41, 5.74) is 1.16. The van der Waals surface area contributed by atoms with E-state index < -0.39 is 0 Å². The maximum atomic E-state index is 4.49. The smallest absolute Gasteiger partial charge is 0.0640 e. The molecule has 3 nitrogen and oxygen atoms in total. The van der Waals surface area contributed by atoms with Crippen LogP contribution in [0.3, 0.4) is 0 Å². The van der Waals surface area contributed by atoms with Crippen LogP contribution >= 0.6 is 27.7 Å². The van der Waals surface area contributed by atoms with Gasteiger partial charge in [-0.1, -0.05) is 22.9 Å². The zero-order chi connectivity index (χ0) is 15.1. The molecule has 21 heavy (non-hydrogen) atoms. The Labute approximate surface area is 139 Å². The van der Waals surface area contributed by atoms with Crippen molar-refractivity contribution in [3.63, 3.8) is 0 Å². The molecule has 0 spiro atoms. The van der Waals surface area contributed by atoms with Gasteiger partial charge in [-0.15, -0.1) is 11.8 Å². The number of thioether (sulfide) groups is 1. The molecule has 0 saturated carbocycles. The first kappa shape index (κ1) is 16.6. The fraction of sp³-hybridized carbons (Fsp3) is 0.438. The number of nitrogens with one attached hydrogen (secondary N) is 1. The van der Waals surface area contributed by atoms with E-state index in [0.717, 1.165) is 35.3 Å². The summed E-state index contributed by atoms with van der Waals surface area (Å²) in [7, 11) is 1.97. The molecule has 1 aromatic heterocycles. The van der Waals surface area contributed by atoms with E-state index in [4.69, 9.17) is 0 Å². The number of rotatable bonds is 8. The average Bonchev–Trinajstić information content (AvgIpc) is 2.89. The summed E-state index contributed by atoms with van der Waals surface area (Å²) in [5, 5.41) is 8.12. The van der Waals surface area contributed by atoms with Gasteiger partial charge in [-0.05, 0) is 43.3 Å². The second-order valence-electron chi connectivity index (χ2n) is 5.10. The molecule has 1 heterocycles. The van der Waals surface area contributed by atoms with Gasteiger partial charge >= 0.3 is 0 Å². The first-order valence-electron chi connectivity index (χ1n) is 7.27. The summed E-state index contributed by atoms with van der Waals surface area (Å²) in [6, 6.07) is 11.1. The minimum atomic E-state index is 0.452. The Kier molecular flexibility index (Phi) is 6.80. The molecule has 0 amide bonds. The number of aromatic nitrogens is 2. The second kappa shape index (κ2) is 8.61. The minimum absolute atomic E-state index is 0.452. The molecule has 114 valence electrons. The van der Waals surface area contributed by atoms with E-state index in [1.54, 1.807) is 0 Å². The molecule has 0 saturated heterocycles. The zero-order valence-corrected chi connectivity index (χ0v) is 15.0. The summed E-state index contributed by atoms with van der Waals surface area (Å²) < 4.78 is 3.00. The highest BCUT2D eigenvalue weighted by Crippen LogP contribution is 2.22. The molecule has 0 bridgehead atoms. The zero-order valence-electron chi connectivity index (χ0n) is 12.6. The van der Waals surface area contributed by atoms with Crippen LogP contribution in [0.4, 0.5) is 0 Å². The maximum Gasteiger partial charge on any atom is 0.0640 e. The van der Waals surface area contributed by atoms with Gasteiger partial charge in [0.2, 0.25) is 0 Å². The minimum Gasteiger partial charge on any atom is -0.313 e. The number of nitrogens with zero attached hydrogens (tertiary/aromatic N) is 2. The van der Waals surface area contributed by atoms with Gasteiger partial charge in [0, 0.05) is 40.8 Å². The van der Waals surface area contributed by atoms with Crippen LogP contribution in [0.15, 0.2) is 45.9 Å². The van der Waals surface area contributed by atoms with Crippen LogP contribution in [0.5, 0.6) is 0 Å². The second-order valence-corrected chi connectivity index (χ2v) is 7.11. The third-order valence-electron chi connectivity index (χ3n) is 3.17.